The molecule has 16 heteroatoms. The van der Waals surface area contributed by atoms with Crippen LogP contribution >= 0.6 is 0 Å². The van der Waals surface area contributed by atoms with E-state index in [9.17, 15) is 43.8 Å². The zero-order valence-electron chi connectivity index (χ0n) is 22.6. The first-order chi connectivity index (χ1) is 18.0. The van der Waals surface area contributed by atoms with Crippen LogP contribution in [-0.4, -0.2) is 88.4 Å². The minimum atomic E-state index is -1.62. The molecule has 0 aliphatic carbocycles. The van der Waals surface area contributed by atoms with Crippen LogP contribution < -0.4 is 38.5 Å². The van der Waals surface area contributed by atoms with Crippen molar-refractivity contribution in [3.8, 4) is 0 Å². The Morgan fingerprint density at radius 3 is 1.59 bits per heavy atom. The SMILES string of the molecule is CC(C)C[C@H](NC(=O)[C@H](CC(N)=O)NC(=O)[C@H](CCC(N)=O)NC(=O)[C@H](CO)NC(=O)[C@@H](N)C(C)C)C(=O)O. The Kier molecular flexibility index (Phi) is 15.3. The molecule has 0 fully saturated rings. The van der Waals surface area contributed by atoms with Gasteiger partial charge in [0.05, 0.1) is 19.1 Å². The Morgan fingerprint density at radius 2 is 1.15 bits per heavy atom. The van der Waals surface area contributed by atoms with Gasteiger partial charge in [-0.3, -0.25) is 28.8 Å². The van der Waals surface area contributed by atoms with Crippen LogP contribution in [0, 0.1) is 11.8 Å². The molecule has 0 radical (unpaired) electrons. The molecule has 0 aromatic heterocycles. The molecule has 0 aliphatic heterocycles. The maximum atomic E-state index is 13.0. The van der Waals surface area contributed by atoms with Crippen LogP contribution in [0.5, 0.6) is 0 Å². The quantitative estimate of drug-likeness (QED) is 0.0788. The second kappa shape index (κ2) is 16.9. The van der Waals surface area contributed by atoms with Gasteiger partial charge < -0.3 is 48.7 Å². The average molecular weight is 560 g/mol. The van der Waals surface area contributed by atoms with Crippen LogP contribution in [0.3, 0.4) is 0 Å². The number of nitrogens with two attached hydrogens (primary N) is 3. The lowest BCUT2D eigenvalue weighted by atomic mass is 10.0. The molecule has 0 aliphatic rings. The lowest BCUT2D eigenvalue weighted by Crippen LogP contribution is -2.59. The van der Waals surface area contributed by atoms with Gasteiger partial charge in [0.1, 0.15) is 24.2 Å². The van der Waals surface area contributed by atoms with Crippen molar-refractivity contribution >= 4 is 41.4 Å². The molecule has 222 valence electrons. The standard InChI is InChI=1S/C23H41N7O9/c1-10(2)7-14(23(38)39)29-20(35)13(8-17(25)33)28-19(34)12(5-6-16(24)32)27-21(36)15(9-31)30-22(37)18(26)11(3)4/h10-15,18,31H,5-9,26H2,1-4H3,(H2,24,32)(H2,25,33)(H,27,36)(H,28,34)(H,29,35)(H,30,37)(H,38,39)/t12-,13-,14-,15-,18-/m0/s1. The summed E-state index contributed by atoms with van der Waals surface area (Å²) in [6, 6.07) is -6.94. The molecule has 12 N–H and O–H groups in total. The van der Waals surface area contributed by atoms with Crippen molar-refractivity contribution in [2.45, 2.75) is 83.6 Å². The largest absolute Gasteiger partial charge is 0.480 e. The molecule has 0 bridgehead atoms. The van der Waals surface area contributed by atoms with Gasteiger partial charge in [0.25, 0.3) is 0 Å². The minimum Gasteiger partial charge on any atom is -0.480 e. The molecular weight excluding hydrogens is 518 g/mol. The summed E-state index contributed by atoms with van der Waals surface area (Å²) in [7, 11) is 0. The summed E-state index contributed by atoms with van der Waals surface area (Å²) in [6.07, 6.45) is -1.37. The first-order valence-corrected chi connectivity index (χ1v) is 12.4. The Bertz CT molecular complexity index is 910. The molecule has 0 aromatic rings. The van der Waals surface area contributed by atoms with E-state index >= 15 is 0 Å². The summed E-state index contributed by atoms with van der Waals surface area (Å²) in [5, 5.41) is 28.0. The molecule has 0 spiro atoms. The van der Waals surface area contributed by atoms with Gasteiger partial charge in [0.15, 0.2) is 0 Å². The van der Waals surface area contributed by atoms with E-state index in [-0.39, 0.29) is 31.1 Å². The van der Waals surface area contributed by atoms with Gasteiger partial charge in [-0.15, -0.1) is 0 Å². The lowest BCUT2D eigenvalue weighted by Gasteiger charge is -2.26. The molecule has 0 rings (SSSR count). The van der Waals surface area contributed by atoms with Crippen molar-refractivity contribution in [1.29, 1.82) is 0 Å². The zero-order chi connectivity index (χ0) is 30.4. The second-order valence-corrected chi connectivity index (χ2v) is 9.84. The predicted molar refractivity (Wildman–Crippen MR) is 137 cm³/mol. The normalized spacial score (nSPS) is 14.9. The molecule has 0 aromatic carbocycles. The fourth-order valence-corrected chi connectivity index (χ4v) is 3.24. The van der Waals surface area contributed by atoms with E-state index in [2.05, 4.69) is 21.3 Å². The number of amides is 6. The molecular formula is C23H41N7O9. The van der Waals surface area contributed by atoms with Crippen LogP contribution in [0.4, 0.5) is 0 Å². The van der Waals surface area contributed by atoms with Crippen LogP contribution in [0.1, 0.15) is 53.4 Å². The molecule has 16 nitrogen and oxygen atoms in total. The maximum Gasteiger partial charge on any atom is 0.326 e. The van der Waals surface area contributed by atoms with E-state index < -0.39 is 84.6 Å². The Labute approximate surface area is 226 Å². The number of carbonyl (C=O) groups is 7. The molecule has 39 heavy (non-hydrogen) atoms. The van der Waals surface area contributed by atoms with Crippen molar-refractivity contribution in [3.63, 3.8) is 0 Å². The highest BCUT2D eigenvalue weighted by molar-refractivity contribution is 5.97. The fraction of sp³-hybridized carbons (Fsp3) is 0.696. The third-order valence-corrected chi connectivity index (χ3v) is 5.51. The van der Waals surface area contributed by atoms with E-state index in [1.807, 2.05) is 0 Å². The van der Waals surface area contributed by atoms with Gasteiger partial charge in [0.2, 0.25) is 35.4 Å². The lowest BCUT2D eigenvalue weighted by molar-refractivity contribution is -0.143. The minimum absolute atomic E-state index is 0.0599. The highest BCUT2D eigenvalue weighted by Gasteiger charge is 2.32. The molecule has 0 heterocycles. The Balaban J connectivity index is 5.78. The van der Waals surface area contributed by atoms with Crippen molar-refractivity contribution < 1.29 is 43.8 Å². The monoisotopic (exact) mass is 559 g/mol. The number of carbonyl (C=O) groups excluding carboxylic acids is 6. The van der Waals surface area contributed by atoms with Gasteiger partial charge in [-0.25, -0.2) is 4.79 Å². The van der Waals surface area contributed by atoms with Crippen LogP contribution in [0.15, 0.2) is 0 Å². The summed E-state index contributed by atoms with van der Waals surface area (Å²) in [5.41, 5.74) is 16.1. The van der Waals surface area contributed by atoms with E-state index in [0.29, 0.717) is 0 Å². The van der Waals surface area contributed by atoms with Crippen molar-refractivity contribution in [2.24, 2.45) is 29.0 Å². The van der Waals surface area contributed by atoms with Gasteiger partial charge >= 0.3 is 5.97 Å². The predicted octanol–water partition coefficient (Wildman–Crippen LogP) is -3.83. The third kappa shape index (κ3) is 13.5. The number of hydrogen-bond acceptors (Lipinski definition) is 9. The topological polar surface area (TPSA) is 286 Å². The highest BCUT2D eigenvalue weighted by atomic mass is 16.4. The first-order valence-electron chi connectivity index (χ1n) is 12.4. The van der Waals surface area contributed by atoms with E-state index in [4.69, 9.17) is 17.2 Å². The van der Waals surface area contributed by atoms with Crippen LogP contribution in [0.25, 0.3) is 0 Å². The zero-order valence-corrected chi connectivity index (χ0v) is 22.6. The summed E-state index contributed by atoms with van der Waals surface area (Å²) in [6.45, 7) is 5.95. The molecule has 6 amide bonds. The number of rotatable bonds is 18. The van der Waals surface area contributed by atoms with Gasteiger partial charge in [-0.1, -0.05) is 27.7 Å². The van der Waals surface area contributed by atoms with Crippen molar-refractivity contribution in [1.82, 2.24) is 21.3 Å². The number of nitrogens with one attached hydrogen (secondary N) is 4. The summed E-state index contributed by atoms with van der Waals surface area (Å²) < 4.78 is 0. The van der Waals surface area contributed by atoms with E-state index in [1.54, 1.807) is 27.7 Å². The number of aliphatic hydroxyl groups is 1. The third-order valence-electron chi connectivity index (χ3n) is 5.51. The Morgan fingerprint density at radius 1 is 0.692 bits per heavy atom. The number of primary amides is 2. The van der Waals surface area contributed by atoms with E-state index in [1.165, 1.54) is 0 Å². The number of aliphatic carboxylic acids is 1. The molecule has 0 unspecified atom stereocenters. The van der Waals surface area contributed by atoms with Crippen molar-refractivity contribution in [3.05, 3.63) is 0 Å². The van der Waals surface area contributed by atoms with Crippen LogP contribution in [0.2, 0.25) is 0 Å². The summed E-state index contributed by atoms with van der Waals surface area (Å²) in [4.78, 5) is 85.1. The van der Waals surface area contributed by atoms with Gasteiger partial charge in [0, 0.05) is 6.42 Å². The molecule has 0 saturated heterocycles. The smallest absolute Gasteiger partial charge is 0.326 e. The average Bonchev–Trinajstić information content (AvgIpc) is 2.82. The summed E-state index contributed by atoms with van der Waals surface area (Å²) in [5.74, 6) is -7.33. The number of carboxylic acids is 1. The van der Waals surface area contributed by atoms with Gasteiger partial charge in [-0.05, 0) is 24.7 Å². The van der Waals surface area contributed by atoms with Crippen LogP contribution in [-0.2, 0) is 33.6 Å². The number of hydrogen-bond donors (Lipinski definition) is 9. The van der Waals surface area contributed by atoms with E-state index in [0.717, 1.165) is 0 Å². The highest BCUT2D eigenvalue weighted by Crippen LogP contribution is 2.07. The fourth-order valence-electron chi connectivity index (χ4n) is 3.24. The van der Waals surface area contributed by atoms with Crippen molar-refractivity contribution in [2.75, 3.05) is 6.61 Å². The maximum absolute atomic E-state index is 13.0. The Hall–Kier alpha value is -3.79. The number of carboxylic acid groups (broad SMARTS) is 1. The molecule has 5 atom stereocenters. The first kappa shape index (κ1) is 35.2. The molecule has 0 saturated carbocycles. The second-order valence-electron chi connectivity index (χ2n) is 9.84. The van der Waals surface area contributed by atoms with Gasteiger partial charge in [-0.2, -0.15) is 0 Å². The number of aliphatic hydroxyl groups excluding tert-OH is 1. The summed E-state index contributed by atoms with van der Waals surface area (Å²) >= 11 is 0.